The molecule has 0 radical (unpaired) electrons. The molecule has 0 unspecified atom stereocenters. The van der Waals surface area contributed by atoms with Crippen LogP contribution in [0, 0.1) is 11.9 Å². The summed E-state index contributed by atoms with van der Waals surface area (Å²) in [6, 6.07) is 8.88. The fourth-order valence-corrected chi connectivity index (χ4v) is 2.46. The molecule has 3 heterocycles. The Balaban J connectivity index is 1.68. The monoisotopic (exact) mass is 287 g/mol. The molecule has 110 valence electrons. The average Bonchev–Trinajstić information content (AvgIpc) is 2.54. The van der Waals surface area contributed by atoms with Crippen LogP contribution in [-0.4, -0.2) is 29.7 Å². The van der Waals surface area contributed by atoms with E-state index in [0.717, 1.165) is 49.7 Å². The second kappa shape index (κ2) is 6.63. The normalized spacial score (nSPS) is 15.9. The maximum absolute atomic E-state index is 13.2. The predicted octanol–water partition coefficient (Wildman–Crippen LogP) is 3.12. The van der Waals surface area contributed by atoms with E-state index in [0.29, 0.717) is 5.92 Å². The van der Waals surface area contributed by atoms with Crippen LogP contribution in [0.2, 0.25) is 0 Å². The molecule has 2 aromatic rings. The van der Waals surface area contributed by atoms with Crippen LogP contribution in [0.25, 0.3) is 11.3 Å². The zero-order chi connectivity index (χ0) is 14.5. The van der Waals surface area contributed by atoms with Gasteiger partial charge in [-0.15, -0.1) is 0 Å². The van der Waals surface area contributed by atoms with Gasteiger partial charge < -0.3 is 10.1 Å². The maximum atomic E-state index is 13.2. The highest BCUT2D eigenvalue weighted by molar-refractivity contribution is 5.60. The van der Waals surface area contributed by atoms with Crippen molar-refractivity contribution in [2.24, 2.45) is 5.92 Å². The number of nitrogens with one attached hydrogen (secondary N) is 1. The molecule has 1 fully saturated rings. The van der Waals surface area contributed by atoms with E-state index >= 15 is 0 Å². The smallest absolute Gasteiger partial charge is 0.213 e. The topological polar surface area (TPSA) is 47.0 Å². The minimum absolute atomic E-state index is 0.491. The lowest BCUT2D eigenvalue weighted by molar-refractivity contribution is 0.0699. The second-order valence-corrected chi connectivity index (χ2v) is 5.21. The SMILES string of the molecule is Fc1cc(-c2cccc(NCC3CCOCC3)n2)ccn1. The van der Waals surface area contributed by atoms with E-state index < -0.39 is 5.95 Å². The summed E-state index contributed by atoms with van der Waals surface area (Å²) in [5.74, 6) is 0.952. The first-order valence-electron chi connectivity index (χ1n) is 7.22. The summed E-state index contributed by atoms with van der Waals surface area (Å²) >= 11 is 0. The Labute approximate surface area is 123 Å². The molecule has 21 heavy (non-hydrogen) atoms. The van der Waals surface area contributed by atoms with Gasteiger partial charge in [0.15, 0.2) is 0 Å². The molecule has 0 bridgehead atoms. The van der Waals surface area contributed by atoms with Crippen molar-refractivity contribution in [3.8, 4) is 11.3 Å². The fraction of sp³-hybridized carbons (Fsp3) is 0.375. The van der Waals surface area contributed by atoms with Gasteiger partial charge in [-0.2, -0.15) is 4.39 Å². The number of hydrogen-bond acceptors (Lipinski definition) is 4. The highest BCUT2D eigenvalue weighted by atomic mass is 19.1. The highest BCUT2D eigenvalue weighted by Gasteiger charge is 2.13. The van der Waals surface area contributed by atoms with Gasteiger partial charge in [-0.3, -0.25) is 0 Å². The van der Waals surface area contributed by atoms with Crippen molar-refractivity contribution in [2.45, 2.75) is 12.8 Å². The third kappa shape index (κ3) is 3.76. The molecule has 1 saturated heterocycles. The van der Waals surface area contributed by atoms with Gasteiger partial charge in [0.1, 0.15) is 5.82 Å². The van der Waals surface area contributed by atoms with Crippen molar-refractivity contribution in [1.82, 2.24) is 9.97 Å². The zero-order valence-electron chi connectivity index (χ0n) is 11.8. The number of anilines is 1. The molecule has 0 aromatic carbocycles. The molecule has 3 rings (SSSR count). The van der Waals surface area contributed by atoms with Crippen molar-refractivity contribution in [1.29, 1.82) is 0 Å². The van der Waals surface area contributed by atoms with Crippen LogP contribution in [0.1, 0.15) is 12.8 Å². The Morgan fingerprint density at radius 2 is 2.10 bits per heavy atom. The van der Waals surface area contributed by atoms with Gasteiger partial charge in [-0.1, -0.05) is 6.07 Å². The van der Waals surface area contributed by atoms with Crippen LogP contribution in [0.3, 0.4) is 0 Å². The van der Waals surface area contributed by atoms with Crippen molar-refractivity contribution in [3.63, 3.8) is 0 Å². The first kappa shape index (κ1) is 13.9. The van der Waals surface area contributed by atoms with Crippen LogP contribution in [0.5, 0.6) is 0 Å². The lowest BCUT2D eigenvalue weighted by atomic mass is 10.0. The van der Waals surface area contributed by atoms with Gasteiger partial charge in [0.2, 0.25) is 5.95 Å². The van der Waals surface area contributed by atoms with Crippen LogP contribution in [0.4, 0.5) is 10.2 Å². The lowest BCUT2D eigenvalue weighted by Gasteiger charge is -2.22. The van der Waals surface area contributed by atoms with E-state index in [9.17, 15) is 4.39 Å². The molecule has 2 aromatic heterocycles. The Morgan fingerprint density at radius 3 is 2.90 bits per heavy atom. The number of halogens is 1. The molecule has 1 aliphatic rings. The summed E-state index contributed by atoms with van der Waals surface area (Å²) in [6.07, 6.45) is 3.62. The third-order valence-corrected chi connectivity index (χ3v) is 3.68. The summed E-state index contributed by atoms with van der Waals surface area (Å²) in [4.78, 5) is 8.10. The predicted molar refractivity (Wildman–Crippen MR) is 79.5 cm³/mol. The largest absolute Gasteiger partial charge is 0.381 e. The second-order valence-electron chi connectivity index (χ2n) is 5.21. The van der Waals surface area contributed by atoms with Gasteiger partial charge >= 0.3 is 0 Å². The number of nitrogens with zero attached hydrogens (tertiary/aromatic N) is 2. The van der Waals surface area contributed by atoms with E-state index in [1.165, 1.54) is 12.3 Å². The van der Waals surface area contributed by atoms with E-state index in [1.807, 2.05) is 18.2 Å². The number of hydrogen-bond donors (Lipinski definition) is 1. The first-order valence-corrected chi connectivity index (χ1v) is 7.22. The summed E-state index contributed by atoms with van der Waals surface area (Å²) in [6.45, 7) is 2.58. The molecule has 4 nitrogen and oxygen atoms in total. The van der Waals surface area contributed by atoms with Crippen molar-refractivity contribution >= 4 is 5.82 Å². The van der Waals surface area contributed by atoms with E-state index in [2.05, 4.69) is 15.3 Å². The Kier molecular flexibility index (Phi) is 4.40. The summed E-state index contributed by atoms with van der Waals surface area (Å²) in [5, 5.41) is 3.36. The van der Waals surface area contributed by atoms with Crippen LogP contribution >= 0.6 is 0 Å². The van der Waals surface area contributed by atoms with E-state index in [-0.39, 0.29) is 0 Å². The number of rotatable bonds is 4. The molecule has 1 N–H and O–H groups in total. The summed E-state index contributed by atoms with van der Waals surface area (Å²) < 4.78 is 18.5. The molecule has 0 saturated carbocycles. The van der Waals surface area contributed by atoms with Crippen molar-refractivity contribution in [3.05, 3.63) is 42.5 Å². The molecular weight excluding hydrogens is 269 g/mol. The Morgan fingerprint density at radius 1 is 1.24 bits per heavy atom. The number of aromatic nitrogens is 2. The minimum Gasteiger partial charge on any atom is -0.381 e. The van der Waals surface area contributed by atoms with Gasteiger partial charge in [0.25, 0.3) is 0 Å². The first-order chi connectivity index (χ1) is 10.3. The van der Waals surface area contributed by atoms with E-state index in [1.54, 1.807) is 6.07 Å². The van der Waals surface area contributed by atoms with Crippen molar-refractivity contribution in [2.75, 3.05) is 25.1 Å². The molecule has 0 amide bonds. The van der Waals surface area contributed by atoms with Crippen LogP contribution < -0.4 is 5.32 Å². The van der Waals surface area contributed by atoms with Gasteiger partial charge in [0.05, 0.1) is 5.69 Å². The summed E-state index contributed by atoms with van der Waals surface area (Å²) in [7, 11) is 0. The quantitative estimate of drug-likeness (QED) is 0.878. The Hall–Kier alpha value is -2.01. The summed E-state index contributed by atoms with van der Waals surface area (Å²) in [5.41, 5.74) is 1.48. The van der Waals surface area contributed by atoms with Gasteiger partial charge in [0, 0.05) is 37.6 Å². The van der Waals surface area contributed by atoms with Crippen molar-refractivity contribution < 1.29 is 9.13 Å². The average molecular weight is 287 g/mol. The zero-order valence-corrected chi connectivity index (χ0v) is 11.8. The molecule has 1 aliphatic heterocycles. The minimum atomic E-state index is -0.491. The van der Waals surface area contributed by atoms with Crippen LogP contribution in [0.15, 0.2) is 36.5 Å². The molecular formula is C16H18FN3O. The van der Waals surface area contributed by atoms with E-state index in [4.69, 9.17) is 4.74 Å². The molecule has 0 spiro atoms. The Bertz CT molecular complexity index is 600. The van der Waals surface area contributed by atoms with Crippen LogP contribution in [-0.2, 0) is 4.74 Å². The number of ether oxygens (including phenoxy) is 1. The molecule has 0 aliphatic carbocycles. The third-order valence-electron chi connectivity index (χ3n) is 3.68. The maximum Gasteiger partial charge on any atom is 0.213 e. The fourth-order valence-electron chi connectivity index (χ4n) is 2.46. The number of pyridine rings is 2. The molecule has 0 atom stereocenters. The molecule has 5 heteroatoms. The standard InChI is InChI=1S/C16H18FN3O/c17-15-10-13(4-7-18-15)14-2-1-3-16(20-14)19-11-12-5-8-21-9-6-12/h1-4,7,10,12H,5-6,8-9,11H2,(H,19,20). The lowest BCUT2D eigenvalue weighted by Crippen LogP contribution is -2.22. The van der Waals surface area contributed by atoms with Gasteiger partial charge in [-0.25, -0.2) is 9.97 Å². The highest BCUT2D eigenvalue weighted by Crippen LogP contribution is 2.20. The van der Waals surface area contributed by atoms with Gasteiger partial charge in [-0.05, 0) is 37.0 Å².